The van der Waals surface area contributed by atoms with E-state index in [0.29, 0.717) is 12.3 Å². The Morgan fingerprint density at radius 2 is 1.75 bits per heavy atom. The predicted molar refractivity (Wildman–Crippen MR) is 99.8 cm³/mol. The molecule has 5 unspecified atom stereocenters. The van der Waals surface area contributed by atoms with Crippen LogP contribution in [-0.2, 0) is 29.0 Å². The van der Waals surface area contributed by atoms with Crippen LogP contribution in [0.5, 0.6) is 0 Å². The molecule has 1 saturated carbocycles. The molecule has 2 fully saturated rings. The molecular weight excluding hydrogens is 391 g/mol. The minimum Gasteiger partial charge on any atom is -0.466 e. The summed E-state index contributed by atoms with van der Waals surface area (Å²) in [5.74, 6) is -2.90. The SMILES string of the molecule is COC(=O)C(C)(F)C(=O)NC1CS(=O)(=O)CC1NC(=O)CC1CCCC(C)C1. The van der Waals surface area contributed by atoms with Crippen molar-refractivity contribution in [3.05, 3.63) is 0 Å². The molecule has 0 aromatic carbocycles. The summed E-state index contributed by atoms with van der Waals surface area (Å²) in [7, 11) is -2.57. The molecule has 2 N–H and O–H groups in total. The lowest BCUT2D eigenvalue weighted by Gasteiger charge is -2.28. The van der Waals surface area contributed by atoms with Crippen LogP contribution in [0.1, 0.15) is 46.0 Å². The molecule has 8 nitrogen and oxygen atoms in total. The number of alkyl halides is 1. The first-order valence-corrected chi connectivity index (χ1v) is 11.3. The second-order valence-electron chi connectivity index (χ2n) is 8.17. The third kappa shape index (κ3) is 5.65. The average Bonchev–Trinajstić information content (AvgIpc) is 2.86. The smallest absolute Gasteiger partial charge is 0.353 e. The number of sulfone groups is 1. The van der Waals surface area contributed by atoms with Gasteiger partial charge in [-0.05, 0) is 31.6 Å². The van der Waals surface area contributed by atoms with Gasteiger partial charge < -0.3 is 15.4 Å². The molecule has 28 heavy (non-hydrogen) atoms. The summed E-state index contributed by atoms with van der Waals surface area (Å²) in [6.07, 6.45) is 4.42. The fraction of sp³-hybridized carbons (Fsp3) is 0.833. The van der Waals surface area contributed by atoms with E-state index in [1.54, 1.807) is 0 Å². The Bertz CT molecular complexity index is 724. The van der Waals surface area contributed by atoms with Gasteiger partial charge in [-0.25, -0.2) is 17.6 Å². The summed E-state index contributed by atoms with van der Waals surface area (Å²) < 4.78 is 42.6. The van der Waals surface area contributed by atoms with Gasteiger partial charge in [-0.2, -0.15) is 0 Å². The number of nitrogens with one attached hydrogen (secondary N) is 2. The number of methoxy groups -OCH3 is 1. The van der Waals surface area contributed by atoms with Gasteiger partial charge >= 0.3 is 5.97 Å². The minimum atomic E-state index is -3.52. The Balaban J connectivity index is 2.00. The summed E-state index contributed by atoms with van der Waals surface area (Å²) in [6.45, 7) is 2.89. The molecule has 160 valence electrons. The van der Waals surface area contributed by atoms with Gasteiger partial charge in [-0.3, -0.25) is 9.59 Å². The van der Waals surface area contributed by atoms with Crippen LogP contribution in [0.4, 0.5) is 4.39 Å². The molecule has 1 heterocycles. The molecule has 0 bridgehead atoms. The average molecular weight is 421 g/mol. The molecule has 5 atom stereocenters. The quantitative estimate of drug-likeness (QED) is 0.477. The van der Waals surface area contributed by atoms with Crippen LogP contribution in [0, 0.1) is 11.8 Å². The highest BCUT2D eigenvalue weighted by Gasteiger charge is 2.47. The maximum Gasteiger partial charge on any atom is 0.353 e. The van der Waals surface area contributed by atoms with Gasteiger partial charge in [0.25, 0.3) is 11.6 Å². The Kier molecular flexibility index (Phi) is 7.06. The van der Waals surface area contributed by atoms with Crippen molar-refractivity contribution in [1.29, 1.82) is 0 Å². The van der Waals surface area contributed by atoms with Crippen molar-refractivity contribution in [3.63, 3.8) is 0 Å². The molecular formula is C18H29FN2O6S. The van der Waals surface area contributed by atoms with E-state index in [1.807, 2.05) is 0 Å². The molecule has 1 saturated heterocycles. The van der Waals surface area contributed by atoms with Gasteiger partial charge in [0.2, 0.25) is 5.91 Å². The minimum absolute atomic E-state index is 0.253. The number of carbonyl (C=O) groups excluding carboxylic acids is 3. The molecule has 1 aliphatic carbocycles. The van der Waals surface area contributed by atoms with Crippen molar-refractivity contribution in [2.24, 2.45) is 11.8 Å². The van der Waals surface area contributed by atoms with E-state index in [-0.39, 0.29) is 17.6 Å². The molecule has 1 aliphatic heterocycles. The van der Waals surface area contributed by atoms with Gasteiger partial charge in [-0.1, -0.05) is 19.8 Å². The third-order valence-electron chi connectivity index (χ3n) is 5.53. The summed E-state index contributed by atoms with van der Waals surface area (Å²) >= 11 is 0. The molecule has 2 aliphatic rings. The second kappa shape index (κ2) is 8.75. The number of amides is 2. The molecule has 0 radical (unpaired) electrons. The Labute approximate surface area is 164 Å². The zero-order chi connectivity index (χ0) is 21.1. The van der Waals surface area contributed by atoms with Crippen molar-refractivity contribution < 1.29 is 31.9 Å². The van der Waals surface area contributed by atoms with E-state index in [0.717, 1.165) is 39.7 Å². The summed E-state index contributed by atoms with van der Waals surface area (Å²) in [6, 6.07) is -1.87. The Morgan fingerprint density at radius 1 is 1.14 bits per heavy atom. The van der Waals surface area contributed by atoms with Crippen molar-refractivity contribution in [2.45, 2.75) is 63.7 Å². The van der Waals surface area contributed by atoms with Crippen LogP contribution in [0.3, 0.4) is 0 Å². The molecule has 10 heteroatoms. The van der Waals surface area contributed by atoms with Gasteiger partial charge in [0.15, 0.2) is 9.84 Å². The van der Waals surface area contributed by atoms with Crippen LogP contribution < -0.4 is 10.6 Å². The van der Waals surface area contributed by atoms with E-state index in [2.05, 4.69) is 22.3 Å². The van der Waals surface area contributed by atoms with Gasteiger partial charge in [0.1, 0.15) is 0 Å². The molecule has 0 spiro atoms. The molecule has 2 rings (SSSR count). The summed E-state index contributed by atoms with van der Waals surface area (Å²) in [5, 5.41) is 4.92. The van der Waals surface area contributed by atoms with Crippen LogP contribution in [0.25, 0.3) is 0 Å². The van der Waals surface area contributed by atoms with Crippen molar-refractivity contribution in [1.82, 2.24) is 10.6 Å². The van der Waals surface area contributed by atoms with Gasteiger partial charge in [-0.15, -0.1) is 0 Å². The highest BCUT2D eigenvalue weighted by atomic mass is 32.2. The van der Waals surface area contributed by atoms with E-state index >= 15 is 0 Å². The van der Waals surface area contributed by atoms with E-state index in [9.17, 15) is 27.2 Å². The highest BCUT2D eigenvalue weighted by molar-refractivity contribution is 7.91. The first kappa shape index (κ1) is 22.6. The van der Waals surface area contributed by atoms with Crippen LogP contribution in [0.15, 0.2) is 0 Å². The zero-order valence-electron chi connectivity index (χ0n) is 16.5. The lowest BCUT2D eigenvalue weighted by atomic mass is 9.80. The lowest BCUT2D eigenvalue weighted by Crippen LogP contribution is -2.56. The van der Waals surface area contributed by atoms with E-state index in [1.165, 1.54) is 0 Å². The number of rotatable bonds is 6. The zero-order valence-corrected chi connectivity index (χ0v) is 17.3. The molecule has 0 aromatic heterocycles. The number of esters is 1. The normalized spacial score (nSPS) is 31.4. The molecule has 2 amide bonds. The number of hydrogen-bond donors (Lipinski definition) is 2. The first-order chi connectivity index (χ1) is 12.9. The van der Waals surface area contributed by atoms with Crippen molar-refractivity contribution in [2.75, 3.05) is 18.6 Å². The topological polar surface area (TPSA) is 119 Å². The van der Waals surface area contributed by atoms with Crippen molar-refractivity contribution in [3.8, 4) is 0 Å². The maximum absolute atomic E-state index is 14.3. The van der Waals surface area contributed by atoms with E-state index < -0.39 is 45.2 Å². The highest BCUT2D eigenvalue weighted by Crippen LogP contribution is 2.30. The number of carbonyl (C=O) groups is 3. The number of halogens is 1. The van der Waals surface area contributed by atoms with Gasteiger partial charge in [0, 0.05) is 6.42 Å². The Morgan fingerprint density at radius 3 is 2.32 bits per heavy atom. The fourth-order valence-electron chi connectivity index (χ4n) is 3.99. The lowest BCUT2D eigenvalue weighted by molar-refractivity contribution is -0.159. The van der Waals surface area contributed by atoms with Crippen LogP contribution >= 0.6 is 0 Å². The fourth-order valence-corrected chi connectivity index (χ4v) is 5.85. The Hall–Kier alpha value is -1.71. The van der Waals surface area contributed by atoms with Crippen LogP contribution in [-0.4, -0.2) is 62.6 Å². The maximum atomic E-state index is 14.3. The third-order valence-corrected chi connectivity index (χ3v) is 7.26. The second-order valence-corrected chi connectivity index (χ2v) is 10.3. The van der Waals surface area contributed by atoms with Crippen LogP contribution in [0.2, 0.25) is 0 Å². The molecule has 0 aromatic rings. The number of ether oxygens (including phenoxy) is 1. The van der Waals surface area contributed by atoms with E-state index in [4.69, 9.17) is 0 Å². The standard InChI is InChI=1S/C18H29FN2O6S/c1-11-5-4-6-12(7-11)8-15(22)20-13-9-28(25,26)10-14(13)21-16(23)18(2,19)17(24)27-3/h11-14H,4-10H2,1-3H3,(H,20,22)(H,21,23). The summed E-state index contributed by atoms with van der Waals surface area (Å²) in [5.41, 5.74) is -2.95. The monoisotopic (exact) mass is 420 g/mol. The number of hydrogen-bond acceptors (Lipinski definition) is 6. The summed E-state index contributed by atoms with van der Waals surface area (Å²) in [4.78, 5) is 36.0. The van der Waals surface area contributed by atoms with Crippen molar-refractivity contribution >= 4 is 27.6 Å². The first-order valence-electron chi connectivity index (χ1n) is 9.52. The predicted octanol–water partition coefficient (Wildman–Crippen LogP) is 0.502. The van der Waals surface area contributed by atoms with Gasteiger partial charge in [0.05, 0.1) is 30.7 Å². The largest absolute Gasteiger partial charge is 0.466 e.